The van der Waals surface area contributed by atoms with E-state index in [9.17, 15) is 9.59 Å². The molecule has 4 rings (SSSR count). The zero-order valence-corrected chi connectivity index (χ0v) is 12.4. The molecule has 0 spiro atoms. The van der Waals surface area contributed by atoms with E-state index in [4.69, 9.17) is 9.47 Å². The first-order valence-electron chi connectivity index (χ1n) is 7.88. The fourth-order valence-electron chi connectivity index (χ4n) is 5.31. The van der Waals surface area contributed by atoms with Gasteiger partial charge in [0.25, 0.3) is 0 Å². The maximum atomic E-state index is 12.4. The molecule has 4 heteroatoms. The Balaban J connectivity index is 1.89. The third kappa shape index (κ3) is 1.95. The minimum Gasteiger partial charge on any atom is -0.466 e. The minimum atomic E-state index is -0.410. The third-order valence-corrected chi connectivity index (χ3v) is 5.48. The maximum absolute atomic E-state index is 12.4. The second-order valence-corrected chi connectivity index (χ2v) is 6.96. The van der Waals surface area contributed by atoms with E-state index in [0.717, 1.165) is 25.7 Å². The number of carbonyl (C=O) groups excluding carboxylic acids is 2. The molecule has 0 aromatic heterocycles. The first kappa shape index (κ1) is 13.9. The lowest BCUT2D eigenvalue weighted by molar-refractivity contribution is -0.193. The molecule has 4 bridgehead atoms. The molecule has 0 saturated heterocycles. The summed E-state index contributed by atoms with van der Waals surface area (Å²) < 4.78 is 10.6. The summed E-state index contributed by atoms with van der Waals surface area (Å²) in [6.07, 6.45) is 5.44. The SMILES string of the molecule is CCOC(=O)C12CC3CC(C1)CC(C(=O)OCC)(C3)C2. The summed E-state index contributed by atoms with van der Waals surface area (Å²) in [5, 5.41) is 0. The molecule has 0 heterocycles. The normalized spacial score (nSPS) is 41.5. The van der Waals surface area contributed by atoms with Crippen LogP contribution in [-0.4, -0.2) is 25.2 Å². The number of rotatable bonds is 4. The highest BCUT2D eigenvalue weighted by atomic mass is 16.5. The fraction of sp³-hybridized carbons (Fsp3) is 0.875. The van der Waals surface area contributed by atoms with Crippen LogP contribution in [0.15, 0.2) is 0 Å². The van der Waals surface area contributed by atoms with Gasteiger partial charge in [-0.2, -0.15) is 0 Å². The third-order valence-electron chi connectivity index (χ3n) is 5.48. The number of ether oxygens (including phenoxy) is 2. The highest BCUT2D eigenvalue weighted by molar-refractivity contribution is 5.83. The molecule has 112 valence electrons. The maximum Gasteiger partial charge on any atom is 0.312 e. The van der Waals surface area contributed by atoms with Crippen molar-refractivity contribution >= 4 is 11.9 Å². The summed E-state index contributed by atoms with van der Waals surface area (Å²) in [7, 11) is 0. The van der Waals surface area contributed by atoms with E-state index in [1.54, 1.807) is 0 Å². The van der Waals surface area contributed by atoms with Crippen LogP contribution < -0.4 is 0 Å². The Morgan fingerprint density at radius 3 is 1.65 bits per heavy atom. The number of hydrogen-bond donors (Lipinski definition) is 0. The summed E-state index contributed by atoms with van der Waals surface area (Å²) in [5.41, 5.74) is -0.820. The molecule has 4 fully saturated rings. The van der Waals surface area contributed by atoms with Gasteiger partial charge in [0, 0.05) is 0 Å². The van der Waals surface area contributed by atoms with Gasteiger partial charge in [0.05, 0.1) is 24.0 Å². The lowest BCUT2D eigenvalue weighted by Crippen LogP contribution is -2.58. The molecule has 0 aromatic carbocycles. The van der Waals surface area contributed by atoms with Crippen LogP contribution in [-0.2, 0) is 19.1 Å². The van der Waals surface area contributed by atoms with E-state index >= 15 is 0 Å². The van der Waals surface area contributed by atoms with Gasteiger partial charge >= 0.3 is 11.9 Å². The van der Waals surface area contributed by atoms with Crippen molar-refractivity contribution in [3.8, 4) is 0 Å². The predicted octanol–water partition coefficient (Wildman–Crippen LogP) is 2.70. The lowest BCUT2D eigenvalue weighted by Gasteiger charge is -2.59. The van der Waals surface area contributed by atoms with Gasteiger partial charge < -0.3 is 9.47 Å². The lowest BCUT2D eigenvalue weighted by atomic mass is 9.44. The average molecular weight is 280 g/mol. The smallest absolute Gasteiger partial charge is 0.312 e. The zero-order valence-electron chi connectivity index (χ0n) is 12.4. The molecule has 20 heavy (non-hydrogen) atoms. The van der Waals surface area contributed by atoms with Crippen molar-refractivity contribution in [2.45, 2.75) is 52.4 Å². The molecule has 4 aliphatic carbocycles. The average Bonchev–Trinajstić information content (AvgIpc) is 2.37. The number of esters is 2. The summed E-state index contributed by atoms with van der Waals surface area (Å²) in [6, 6.07) is 0. The van der Waals surface area contributed by atoms with E-state index in [1.807, 2.05) is 13.8 Å². The van der Waals surface area contributed by atoms with Gasteiger partial charge in [-0.15, -0.1) is 0 Å². The fourth-order valence-corrected chi connectivity index (χ4v) is 5.31. The molecule has 0 radical (unpaired) electrons. The molecule has 4 saturated carbocycles. The molecule has 0 aliphatic heterocycles. The van der Waals surface area contributed by atoms with Gasteiger partial charge in [0.15, 0.2) is 0 Å². The largest absolute Gasteiger partial charge is 0.466 e. The monoisotopic (exact) mass is 280 g/mol. The molecule has 0 aromatic rings. The Hall–Kier alpha value is -1.06. The van der Waals surface area contributed by atoms with Crippen LogP contribution in [0.3, 0.4) is 0 Å². The van der Waals surface area contributed by atoms with Crippen molar-refractivity contribution in [3.05, 3.63) is 0 Å². The van der Waals surface area contributed by atoms with Gasteiger partial charge in [-0.3, -0.25) is 9.59 Å². The first-order valence-corrected chi connectivity index (χ1v) is 7.88. The summed E-state index contributed by atoms with van der Waals surface area (Å²) in [6.45, 7) is 4.53. The Morgan fingerprint density at radius 2 is 1.30 bits per heavy atom. The first-order chi connectivity index (χ1) is 9.53. The quantitative estimate of drug-likeness (QED) is 0.743. The van der Waals surface area contributed by atoms with Gasteiger partial charge in [-0.05, 0) is 64.2 Å². The van der Waals surface area contributed by atoms with Crippen LogP contribution >= 0.6 is 0 Å². The molecule has 4 aliphatic rings. The van der Waals surface area contributed by atoms with Crippen LogP contribution in [0.5, 0.6) is 0 Å². The highest BCUT2D eigenvalue weighted by Gasteiger charge is 2.64. The molecule has 4 nitrogen and oxygen atoms in total. The topological polar surface area (TPSA) is 52.6 Å². The highest BCUT2D eigenvalue weighted by Crippen LogP contribution is 2.65. The Morgan fingerprint density at radius 1 is 0.900 bits per heavy atom. The summed E-state index contributed by atoms with van der Waals surface area (Å²) in [5.74, 6) is 0.820. The van der Waals surface area contributed by atoms with Gasteiger partial charge in [0.1, 0.15) is 0 Å². The second-order valence-electron chi connectivity index (χ2n) is 6.96. The Kier molecular flexibility index (Phi) is 3.30. The van der Waals surface area contributed by atoms with Gasteiger partial charge in [0.2, 0.25) is 0 Å². The summed E-state index contributed by atoms with van der Waals surface area (Å²) in [4.78, 5) is 24.9. The van der Waals surface area contributed by atoms with Crippen LogP contribution in [0, 0.1) is 22.7 Å². The molecule has 0 N–H and O–H groups in total. The van der Waals surface area contributed by atoms with Crippen molar-refractivity contribution < 1.29 is 19.1 Å². The number of carbonyl (C=O) groups is 2. The molecule has 0 amide bonds. The second kappa shape index (κ2) is 4.74. The van der Waals surface area contributed by atoms with Gasteiger partial charge in [-0.25, -0.2) is 0 Å². The standard InChI is InChI=1S/C16H24O4/c1-3-19-13(17)15-6-11-5-12(7-15)9-16(8-11,10-15)14(18)20-4-2/h11-12H,3-10H2,1-2H3. The van der Waals surface area contributed by atoms with Crippen LogP contribution in [0.2, 0.25) is 0 Å². The molecular weight excluding hydrogens is 256 g/mol. The van der Waals surface area contributed by atoms with E-state index in [0.29, 0.717) is 31.5 Å². The Labute approximate surface area is 120 Å². The zero-order chi connectivity index (χ0) is 14.4. The van der Waals surface area contributed by atoms with Crippen molar-refractivity contribution in [2.24, 2.45) is 22.7 Å². The van der Waals surface area contributed by atoms with Crippen molar-refractivity contribution in [2.75, 3.05) is 13.2 Å². The van der Waals surface area contributed by atoms with Crippen LogP contribution in [0.25, 0.3) is 0 Å². The summed E-state index contributed by atoms with van der Waals surface area (Å²) >= 11 is 0. The van der Waals surface area contributed by atoms with E-state index in [1.165, 1.54) is 6.42 Å². The molecular formula is C16H24O4. The number of hydrogen-bond acceptors (Lipinski definition) is 4. The molecule has 0 unspecified atom stereocenters. The molecule has 0 atom stereocenters. The predicted molar refractivity (Wildman–Crippen MR) is 72.8 cm³/mol. The van der Waals surface area contributed by atoms with Crippen LogP contribution in [0.4, 0.5) is 0 Å². The van der Waals surface area contributed by atoms with E-state index in [-0.39, 0.29) is 11.9 Å². The minimum absolute atomic E-state index is 0.0808. The van der Waals surface area contributed by atoms with Crippen LogP contribution in [0.1, 0.15) is 52.4 Å². The van der Waals surface area contributed by atoms with E-state index < -0.39 is 10.8 Å². The Bertz CT molecular complexity index is 378. The van der Waals surface area contributed by atoms with E-state index in [2.05, 4.69) is 0 Å². The van der Waals surface area contributed by atoms with Crippen molar-refractivity contribution in [1.82, 2.24) is 0 Å². The van der Waals surface area contributed by atoms with Crippen molar-refractivity contribution in [3.63, 3.8) is 0 Å². The van der Waals surface area contributed by atoms with Crippen molar-refractivity contribution in [1.29, 1.82) is 0 Å². The van der Waals surface area contributed by atoms with Gasteiger partial charge in [-0.1, -0.05) is 0 Å².